The second-order valence-electron chi connectivity index (χ2n) is 1.92. The molecule has 0 fully saturated rings. The Morgan fingerprint density at radius 3 is 2.40 bits per heavy atom. The second kappa shape index (κ2) is 3.46. The van der Waals surface area contributed by atoms with Gasteiger partial charge in [0.05, 0.1) is 5.75 Å². The fourth-order valence-corrected chi connectivity index (χ4v) is 1.16. The van der Waals surface area contributed by atoms with E-state index in [1.54, 1.807) is 24.3 Å². The Morgan fingerprint density at radius 1 is 1.30 bits per heavy atom. The van der Waals surface area contributed by atoms with Gasteiger partial charge in [-0.2, -0.15) is 0 Å². The molecule has 1 aromatic carbocycles. The molecule has 1 unspecified atom stereocenters. The number of halogens is 1. The van der Waals surface area contributed by atoms with Crippen LogP contribution in [0.3, 0.4) is 0 Å². The molecule has 0 saturated heterocycles. The maximum atomic E-state index is 11.9. The van der Waals surface area contributed by atoms with Crippen LogP contribution in [-0.4, -0.2) is 4.21 Å². The van der Waals surface area contributed by atoms with Crippen molar-refractivity contribution >= 4 is 11.2 Å². The third kappa shape index (κ3) is 2.27. The molecule has 0 aromatic heterocycles. The smallest absolute Gasteiger partial charge is 0.202 e. The molecule has 10 heavy (non-hydrogen) atoms. The SMILES string of the molecule is O=S(F)Cc1ccccc1. The number of hydrogen-bond donors (Lipinski definition) is 0. The Labute approximate surface area is 61.6 Å². The highest BCUT2D eigenvalue weighted by molar-refractivity contribution is 7.78. The summed E-state index contributed by atoms with van der Waals surface area (Å²) < 4.78 is 21.9. The lowest BCUT2D eigenvalue weighted by Gasteiger charge is -1.91. The van der Waals surface area contributed by atoms with Gasteiger partial charge in [0.25, 0.3) is 0 Å². The fraction of sp³-hybridized carbons (Fsp3) is 0.143. The summed E-state index contributed by atoms with van der Waals surface area (Å²) in [4.78, 5) is 0. The first kappa shape index (κ1) is 7.41. The molecule has 0 heterocycles. The molecule has 0 radical (unpaired) electrons. The molecule has 0 N–H and O–H groups in total. The second-order valence-corrected chi connectivity index (χ2v) is 2.79. The predicted molar refractivity (Wildman–Crippen MR) is 39.4 cm³/mol. The zero-order valence-electron chi connectivity index (χ0n) is 5.29. The Bertz CT molecular complexity index is 222. The third-order valence-corrected chi connectivity index (χ3v) is 1.68. The van der Waals surface area contributed by atoms with Gasteiger partial charge in [-0.15, -0.1) is 3.89 Å². The molecule has 1 rings (SSSR count). The summed E-state index contributed by atoms with van der Waals surface area (Å²) in [5.41, 5.74) is 0.767. The average molecular weight is 158 g/mol. The number of benzene rings is 1. The van der Waals surface area contributed by atoms with Crippen molar-refractivity contribution in [3.8, 4) is 0 Å². The van der Waals surface area contributed by atoms with Crippen molar-refractivity contribution in [1.29, 1.82) is 0 Å². The van der Waals surface area contributed by atoms with Crippen LogP contribution in [0, 0.1) is 0 Å². The van der Waals surface area contributed by atoms with Gasteiger partial charge in [0.2, 0.25) is 11.2 Å². The molecule has 1 nitrogen and oxygen atoms in total. The van der Waals surface area contributed by atoms with Crippen molar-refractivity contribution in [2.75, 3.05) is 0 Å². The van der Waals surface area contributed by atoms with Crippen molar-refractivity contribution < 1.29 is 8.09 Å². The van der Waals surface area contributed by atoms with Crippen LogP contribution in [0.4, 0.5) is 3.89 Å². The van der Waals surface area contributed by atoms with E-state index in [1.807, 2.05) is 6.07 Å². The zero-order valence-corrected chi connectivity index (χ0v) is 6.10. The van der Waals surface area contributed by atoms with E-state index in [9.17, 15) is 8.09 Å². The van der Waals surface area contributed by atoms with E-state index >= 15 is 0 Å². The Balaban J connectivity index is 2.67. The summed E-state index contributed by atoms with van der Waals surface area (Å²) in [6.45, 7) is 0. The van der Waals surface area contributed by atoms with Gasteiger partial charge in [-0.3, -0.25) is 0 Å². The molecule has 0 bridgehead atoms. The Hall–Kier alpha value is -0.700. The Kier molecular flexibility index (Phi) is 2.57. The molecular formula is C7H7FOS. The Morgan fingerprint density at radius 2 is 1.90 bits per heavy atom. The number of rotatable bonds is 2. The predicted octanol–water partition coefficient (Wildman–Crippen LogP) is 1.82. The van der Waals surface area contributed by atoms with Crippen LogP contribution in [0.2, 0.25) is 0 Å². The minimum Gasteiger partial charge on any atom is -0.224 e. The fourth-order valence-electron chi connectivity index (χ4n) is 0.705. The average Bonchev–Trinajstić information content (AvgIpc) is 1.88. The van der Waals surface area contributed by atoms with Crippen LogP contribution in [0.5, 0.6) is 0 Å². The van der Waals surface area contributed by atoms with E-state index in [2.05, 4.69) is 0 Å². The molecule has 0 aliphatic carbocycles. The molecule has 0 saturated carbocycles. The normalized spacial score (nSPS) is 12.9. The molecular weight excluding hydrogens is 151 g/mol. The lowest BCUT2D eigenvalue weighted by molar-refractivity contribution is 0.648. The quantitative estimate of drug-likeness (QED) is 0.600. The van der Waals surface area contributed by atoms with Crippen LogP contribution >= 0.6 is 0 Å². The first-order valence-corrected chi connectivity index (χ1v) is 4.09. The van der Waals surface area contributed by atoms with Gasteiger partial charge in [0.15, 0.2) is 0 Å². The first-order valence-electron chi connectivity index (χ1n) is 2.87. The first-order chi connectivity index (χ1) is 4.79. The van der Waals surface area contributed by atoms with E-state index in [4.69, 9.17) is 0 Å². The monoisotopic (exact) mass is 158 g/mol. The van der Waals surface area contributed by atoms with Crippen molar-refractivity contribution in [2.24, 2.45) is 0 Å². The highest BCUT2D eigenvalue weighted by Crippen LogP contribution is 2.02. The number of hydrogen-bond acceptors (Lipinski definition) is 1. The topological polar surface area (TPSA) is 17.1 Å². The highest BCUT2D eigenvalue weighted by atomic mass is 32.2. The summed E-state index contributed by atoms with van der Waals surface area (Å²) in [7, 11) is 0. The minimum atomic E-state index is -2.22. The molecule has 0 amide bonds. The molecule has 1 atom stereocenters. The van der Waals surface area contributed by atoms with E-state index < -0.39 is 11.2 Å². The molecule has 0 aliphatic rings. The van der Waals surface area contributed by atoms with Crippen LogP contribution in [0.1, 0.15) is 5.56 Å². The van der Waals surface area contributed by atoms with E-state index in [0.29, 0.717) is 0 Å². The molecule has 54 valence electrons. The van der Waals surface area contributed by atoms with Crippen molar-refractivity contribution in [2.45, 2.75) is 5.75 Å². The van der Waals surface area contributed by atoms with Crippen molar-refractivity contribution in [3.63, 3.8) is 0 Å². The molecule has 3 heteroatoms. The summed E-state index contributed by atoms with van der Waals surface area (Å²) >= 11 is -2.22. The third-order valence-electron chi connectivity index (χ3n) is 1.12. The summed E-state index contributed by atoms with van der Waals surface area (Å²) in [6.07, 6.45) is 0. The lowest BCUT2D eigenvalue weighted by atomic mass is 10.2. The van der Waals surface area contributed by atoms with Crippen molar-refractivity contribution in [1.82, 2.24) is 0 Å². The zero-order chi connectivity index (χ0) is 7.40. The van der Waals surface area contributed by atoms with Gasteiger partial charge in [0, 0.05) is 0 Å². The van der Waals surface area contributed by atoms with Gasteiger partial charge in [-0.05, 0) is 5.56 Å². The lowest BCUT2D eigenvalue weighted by Crippen LogP contribution is -1.86. The van der Waals surface area contributed by atoms with E-state index in [-0.39, 0.29) is 5.75 Å². The van der Waals surface area contributed by atoms with Gasteiger partial charge in [-0.25, -0.2) is 4.21 Å². The largest absolute Gasteiger partial charge is 0.224 e. The van der Waals surface area contributed by atoms with E-state index in [1.165, 1.54) is 0 Å². The summed E-state index contributed by atoms with van der Waals surface area (Å²) in [5.74, 6) is 0.000833. The van der Waals surface area contributed by atoms with Gasteiger partial charge in [-0.1, -0.05) is 30.3 Å². The molecule has 0 aliphatic heterocycles. The van der Waals surface area contributed by atoms with E-state index in [0.717, 1.165) is 5.56 Å². The van der Waals surface area contributed by atoms with Crippen LogP contribution in [0.15, 0.2) is 30.3 Å². The van der Waals surface area contributed by atoms with Crippen LogP contribution in [-0.2, 0) is 16.9 Å². The van der Waals surface area contributed by atoms with Crippen LogP contribution < -0.4 is 0 Å². The van der Waals surface area contributed by atoms with Gasteiger partial charge < -0.3 is 0 Å². The molecule has 1 aromatic rings. The van der Waals surface area contributed by atoms with Gasteiger partial charge in [0.1, 0.15) is 0 Å². The van der Waals surface area contributed by atoms with Gasteiger partial charge >= 0.3 is 0 Å². The summed E-state index contributed by atoms with van der Waals surface area (Å²) in [5, 5.41) is 0. The maximum absolute atomic E-state index is 11.9. The van der Waals surface area contributed by atoms with Crippen LogP contribution in [0.25, 0.3) is 0 Å². The maximum Gasteiger partial charge on any atom is 0.202 e. The molecule has 0 spiro atoms. The summed E-state index contributed by atoms with van der Waals surface area (Å²) in [6, 6.07) is 8.92. The standard InChI is InChI=1S/C7H7FOS/c8-10(9)6-7-4-2-1-3-5-7/h1-5H,6H2. The highest BCUT2D eigenvalue weighted by Gasteiger charge is 1.96. The minimum absolute atomic E-state index is 0.000833. The van der Waals surface area contributed by atoms with Crippen molar-refractivity contribution in [3.05, 3.63) is 35.9 Å².